The molecule has 1 unspecified atom stereocenters. The van der Waals surface area contributed by atoms with Crippen molar-refractivity contribution < 1.29 is 37.3 Å². The molecule has 34 heavy (non-hydrogen) atoms. The predicted octanol–water partition coefficient (Wildman–Crippen LogP) is 2.47. The van der Waals surface area contributed by atoms with Crippen molar-refractivity contribution in [2.45, 2.75) is 36.6 Å². The van der Waals surface area contributed by atoms with Gasteiger partial charge in [0.05, 0.1) is 36.3 Å². The van der Waals surface area contributed by atoms with E-state index < -0.39 is 12.1 Å². The Morgan fingerprint density at radius 3 is 2.65 bits per heavy atom. The van der Waals surface area contributed by atoms with Crippen LogP contribution in [0.1, 0.15) is 22.6 Å². The van der Waals surface area contributed by atoms with Gasteiger partial charge in [0.25, 0.3) is 5.91 Å². The molecular weight excluding hydrogens is 477 g/mol. The van der Waals surface area contributed by atoms with Gasteiger partial charge in [-0.2, -0.15) is 18.3 Å². The van der Waals surface area contributed by atoms with Gasteiger partial charge in [-0.05, 0) is 24.6 Å². The minimum atomic E-state index is -5.08. The van der Waals surface area contributed by atoms with Crippen molar-refractivity contribution in [2.75, 3.05) is 32.6 Å². The lowest BCUT2D eigenvalue weighted by Crippen LogP contribution is -2.60. The Labute approximate surface area is 198 Å². The molecule has 2 saturated heterocycles. The minimum Gasteiger partial charge on any atom is -0.475 e. The predicted molar refractivity (Wildman–Crippen MR) is 116 cm³/mol. The van der Waals surface area contributed by atoms with Gasteiger partial charge < -0.3 is 19.5 Å². The Hall–Kier alpha value is -2.64. The van der Waals surface area contributed by atoms with Crippen LogP contribution in [-0.4, -0.2) is 86.2 Å². The highest BCUT2D eigenvalue weighted by atomic mass is 32.2. The van der Waals surface area contributed by atoms with Gasteiger partial charge in [-0.3, -0.25) is 14.5 Å². The first-order chi connectivity index (χ1) is 16.1. The maximum absolute atomic E-state index is 12.6. The number of carbonyl (C=O) groups is 2. The fourth-order valence-corrected chi connectivity index (χ4v) is 5.11. The van der Waals surface area contributed by atoms with Crippen molar-refractivity contribution in [1.29, 1.82) is 0 Å². The Morgan fingerprint density at radius 2 is 2.03 bits per heavy atom. The minimum absolute atomic E-state index is 0.00949. The molecule has 1 N–H and O–H groups in total. The van der Waals surface area contributed by atoms with E-state index in [-0.39, 0.29) is 16.8 Å². The smallest absolute Gasteiger partial charge is 0.475 e. The van der Waals surface area contributed by atoms with Crippen LogP contribution in [0.4, 0.5) is 13.2 Å². The molecule has 2 aromatic rings. The molecule has 0 bridgehead atoms. The van der Waals surface area contributed by atoms with E-state index in [1.165, 1.54) is 0 Å². The molecule has 0 aromatic carbocycles. The maximum atomic E-state index is 12.6. The van der Waals surface area contributed by atoms with E-state index in [1.807, 2.05) is 41.1 Å². The molecule has 1 spiro atoms. The van der Waals surface area contributed by atoms with Crippen molar-refractivity contribution in [1.82, 2.24) is 19.7 Å². The van der Waals surface area contributed by atoms with Crippen molar-refractivity contribution in [3.8, 4) is 0 Å². The summed E-state index contributed by atoms with van der Waals surface area (Å²) in [6, 6.07) is 7.64. The summed E-state index contributed by atoms with van der Waals surface area (Å²) in [5.74, 6) is -1.77. The molecule has 2 aromatic heterocycles. The van der Waals surface area contributed by atoms with Crippen molar-refractivity contribution in [3.63, 3.8) is 0 Å². The summed E-state index contributed by atoms with van der Waals surface area (Å²) in [5.41, 5.74) is 1.46. The van der Waals surface area contributed by atoms with E-state index in [4.69, 9.17) is 19.4 Å². The Bertz CT molecular complexity index is 967. The molecule has 186 valence electrons. The standard InChI is InChI=1S/C19H24N4O3S.C2HF3O2/c1-25-9-8-23-7-5-17(21-23)18(24)22-13-19(14-22)10-16(12-27-19)26-11-15-4-2-3-6-20-15;3-2(4,5)1(6)7/h2-7,16H,8-14H2,1H3;(H,6,7). The molecule has 0 radical (unpaired) electrons. The second kappa shape index (κ2) is 11.2. The number of amides is 1. The Balaban J connectivity index is 0.000000406. The zero-order valence-electron chi connectivity index (χ0n) is 18.4. The Kier molecular flexibility index (Phi) is 8.55. The fraction of sp³-hybridized carbons (Fsp3) is 0.524. The quantitative estimate of drug-likeness (QED) is 0.616. The highest BCUT2D eigenvalue weighted by Crippen LogP contribution is 2.46. The highest BCUT2D eigenvalue weighted by molar-refractivity contribution is 8.01. The largest absolute Gasteiger partial charge is 0.490 e. The molecular formula is C21H25F3N4O5S. The monoisotopic (exact) mass is 502 g/mol. The van der Waals surface area contributed by atoms with Crippen LogP contribution >= 0.6 is 11.8 Å². The number of rotatable bonds is 7. The molecule has 2 aliphatic heterocycles. The summed E-state index contributed by atoms with van der Waals surface area (Å²) in [7, 11) is 1.65. The van der Waals surface area contributed by atoms with Gasteiger partial charge >= 0.3 is 12.1 Å². The lowest BCUT2D eigenvalue weighted by atomic mass is 9.92. The van der Waals surface area contributed by atoms with Crippen LogP contribution in [0.2, 0.25) is 0 Å². The van der Waals surface area contributed by atoms with E-state index in [1.54, 1.807) is 24.1 Å². The fourth-order valence-electron chi connectivity index (χ4n) is 3.56. The van der Waals surface area contributed by atoms with E-state index in [0.717, 1.165) is 31.0 Å². The molecule has 0 aliphatic carbocycles. The lowest BCUT2D eigenvalue weighted by Gasteiger charge is -2.47. The SMILES string of the molecule is COCCn1ccc(C(=O)N2CC3(CC(OCc4ccccn4)CS3)C2)n1.O=C(O)C(F)(F)F. The summed E-state index contributed by atoms with van der Waals surface area (Å²) in [6.45, 7) is 3.32. The highest BCUT2D eigenvalue weighted by Gasteiger charge is 2.51. The molecule has 4 heterocycles. The average Bonchev–Trinajstić information content (AvgIpc) is 3.43. The third-order valence-electron chi connectivity index (χ3n) is 5.24. The van der Waals surface area contributed by atoms with E-state index in [2.05, 4.69) is 10.1 Å². The Morgan fingerprint density at radius 1 is 1.29 bits per heavy atom. The molecule has 2 fully saturated rings. The normalized spacial score (nSPS) is 18.8. The molecule has 1 atom stereocenters. The summed E-state index contributed by atoms with van der Waals surface area (Å²) >= 11 is 1.93. The molecule has 1 amide bonds. The van der Waals surface area contributed by atoms with E-state index in [9.17, 15) is 18.0 Å². The zero-order valence-corrected chi connectivity index (χ0v) is 19.2. The maximum Gasteiger partial charge on any atom is 0.490 e. The number of pyridine rings is 1. The summed E-state index contributed by atoms with van der Waals surface area (Å²) in [4.78, 5) is 27.7. The van der Waals surface area contributed by atoms with Gasteiger partial charge in [0.15, 0.2) is 0 Å². The van der Waals surface area contributed by atoms with E-state index >= 15 is 0 Å². The molecule has 0 saturated carbocycles. The number of ether oxygens (including phenoxy) is 2. The first kappa shape index (κ1) is 26.0. The number of carbonyl (C=O) groups excluding carboxylic acids is 1. The van der Waals surface area contributed by atoms with Crippen LogP contribution in [0.25, 0.3) is 0 Å². The third-order valence-corrected chi connectivity index (χ3v) is 6.82. The zero-order chi connectivity index (χ0) is 24.8. The van der Waals surface area contributed by atoms with Crippen molar-refractivity contribution in [2.24, 2.45) is 0 Å². The van der Waals surface area contributed by atoms with Crippen LogP contribution < -0.4 is 0 Å². The number of carboxylic acids is 1. The van der Waals surface area contributed by atoms with Crippen molar-refractivity contribution in [3.05, 3.63) is 48.0 Å². The van der Waals surface area contributed by atoms with Gasteiger partial charge in [0.2, 0.25) is 0 Å². The second-order valence-corrected chi connectivity index (χ2v) is 9.36. The summed E-state index contributed by atoms with van der Waals surface area (Å²) in [6.07, 6.45) is -0.262. The number of hydrogen-bond acceptors (Lipinski definition) is 7. The molecule has 13 heteroatoms. The number of likely N-dealkylation sites (tertiary alicyclic amines) is 1. The first-order valence-electron chi connectivity index (χ1n) is 10.4. The summed E-state index contributed by atoms with van der Waals surface area (Å²) < 4.78 is 44.7. The number of carboxylic acid groups (broad SMARTS) is 1. The number of halogens is 3. The molecule has 9 nitrogen and oxygen atoms in total. The average molecular weight is 503 g/mol. The van der Waals surface area contributed by atoms with Crippen LogP contribution in [0.5, 0.6) is 0 Å². The molecule has 4 rings (SSSR count). The lowest BCUT2D eigenvalue weighted by molar-refractivity contribution is -0.192. The summed E-state index contributed by atoms with van der Waals surface area (Å²) in [5, 5.41) is 11.5. The van der Waals surface area contributed by atoms with Crippen LogP contribution in [-0.2, 0) is 27.4 Å². The number of nitrogens with zero attached hydrogens (tertiary/aromatic N) is 4. The van der Waals surface area contributed by atoms with Gasteiger partial charge in [-0.15, -0.1) is 11.8 Å². The molecule has 2 aliphatic rings. The van der Waals surface area contributed by atoms with Crippen LogP contribution in [0.15, 0.2) is 36.7 Å². The van der Waals surface area contributed by atoms with Crippen molar-refractivity contribution >= 4 is 23.6 Å². The second-order valence-electron chi connectivity index (χ2n) is 7.87. The number of hydrogen-bond donors (Lipinski definition) is 1. The van der Waals surface area contributed by atoms with Crippen LogP contribution in [0.3, 0.4) is 0 Å². The van der Waals surface area contributed by atoms with Gasteiger partial charge in [-0.25, -0.2) is 4.79 Å². The van der Waals surface area contributed by atoms with Gasteiger partial charge in [-0.1, -0.05) is 6.07 Å². The number of alkyl halides is 3. The third kappa shape index (κ3) is 6.93. The van der Waals surface area contributed by atoms with Gasteiger partial charge in [0.1, 0.15) is 5.69 Å². The van der Waals surface area contributed by atoms with E-state index in [0.29, 0.717) is 25.5 Å². The topological polar surface area (TPSA) is 107 Å². The first-order valence-corrected chi connectivity index (χ1v) is 11.4. The van der Waals surface area contributed by atoms with Gasteiger partial charge in [0, 0.05) is 38.3 Å². The number of aliphatic carboxylic acids is 1. The number of aromatic nitrogens is 3. The number of methoxy groups -OCH3 is 1. The van der Waals surface area contributed by atoms with Crippen LogP contribution in [0, 0.1) is 0 Å². The number of thioether (sulfide) groups is 1.